The van der Waals surface area contributed by atoms with E-state index in [9.17, 15) is 5.11 Å². The minimum atomic E-state index is -0.284. The van der Waals surface area contributed by atoms with E-state index in [0.29, 0.717) is 38.1 Å². The van der Waals surface area contributed by atoms with Gasteiger partial charge in [-0.1, -0.05) is 12.1 Å². The Kier molecular flexibility index (Phi) is 4.90. The van der Waals surface area contributed by atoms with Gasteiger partial charge in [0.1, 0.15) is 11.6 Å². The van der Waals surface area contributed by atoms with Gasteiger partial charge >= 0.3 is 0 Å². The molecule has 26 heavy (non-hydrogen) atoms. The van der Waals surface area contributed by atoms with E-state index in [0.717, 1.165) is 35.9 Å². The second-order valence-electron chi connectivity index (χ2n) is 6.80. The molecule has 2 fully saturated rings. The summed E-state index contributed by atoms with van der Waals surface area (Å²) in [6, 6.07) is 9.98. The topological polar surface area (TPSA) is 79.7 Å². The molecule has 0 radical (unpaired) electrons. The van der Waals surface area contributed by atoms with E-state index in [1.807, 2.05) is 35.2 Å². The number of rotatable bonds is 6. The van der Waals surface area contributed by atoms with Gasteiger partial charge < -0.3 is 24.8 Å². The zero-order valence-electron chi connectivity index (χ0n) is 14.9. The molecule has 2 aliphatic heterocycles. The predicted molar refractivity (Wildman–Crippen MR) is 98.7 cm³/mol. The van der Waals surface area contributed by atoms with Crippen molar-refractivity contribution in [2.24, 2.45) is 0 Å². The molecule has 0 unspecified atom stereocenters. The lowest BCUT2D eigenvalue weighted by atomic mass is 10.0. The molecule has 2 aliphatic rings. The van der Waals surface area contributed by atoms with Crippen LogP contribution < -0.4 is 15.0 Å². The highest BCUT2D eigenvalue weighted by Gasteiger charge is 2.28. The molecule has 2 N–H and O–H groups in total. The molecule has 1 aromatic heterocycles. The van der Waals surface area contributed by atoms with Crippen molar-refractivity contribution < 1.29 is 14.6 Å². The average molecular weight is 356 g/mol. The van der Waals surface area contributed by atoms with E-state index in [1.54, 1.807) is 7.11 Å². The number of aliphatic hydroxyl groups is 1. The zero-order chi connectivity index (χ0) is 17.9. The van der Waals surface area contributed by atoms with Gasteiger partial charge in [-0.3, -0.25) is 0 Å². The van der Waals surface area contributed by atoms with E-state index in [4.69, 9.17) is 14.5 Å². The fourth-order valence-electron chi connectivity index (χ4n) is 3.22. The standard InChI is InChI=1S/C19H24N4O3/c1-25-16-4-2-13(3-5-16)9-20-18-8-17(14-6-7-26-12-14)21-19(22-18)23-10-15(24)11-23/h2-5,8,14-15,24H,6-7,9-12H2,1H3,(H,20,21,22)/t14-/m1/s1. The summed E-state index contributed by atoms with van der Waals surface area (Å²) in [7, 11) is 1.66. The van der Waals surface area contributed by atoms with E-state index >= 15 is 0 Å². The summed E-state index contributed by atoms with van der Waals surface area (Å²) in [5.41, 5.74) is 2.15. The second-order valence-corrected chi connectivity index (χ2v) is 6.80. The van der Waals surface area contributed by atoms with Crippen molar-refractivity contribution >= 4 is 11.8 Å². The number of hydrogen-bond acceptors (Lipinski definition) is 7. The van der Waals surface area contributed by atoms with Crippen molar-refractivity contribution in [1.29, 1.82) is 0 Å². The lowest BCUT2D eigenvalue weighted by Gasteiger charge is -2.36. The van der Waals surface area contributed by atoms with Crippen LogP contribution in [0.4, 0.5) is 11.8 Å². The molecule has 0 spiro atoms. The van der Waals surface area contributed by atoms with Crippen LogP contribution in [0.1, 0.15) is 23.6 Å². The molecule has 0 saturated carbocycles. The Hall–Kier alpha value is -2.38. The molecule has 7 heteroatoms. The summed E-state index contributed by atoms with van der Waals surface area (Å²) in [5, 5.41) is 13.0. The Labute approximate surface area is 153 Å². The van der Waals surface area contributed by atoms with Crippen molar-refractivity contribution in [3.8, 4) is 5.75 Å². The summed E-state index contributed by atoms with van der Waals surface area (Å²) in [6.45, 7) is 3.33. The Bertz CT molecular complexity index is 741. The first-order chi connectivity index (χ1) is 12.7. The maximum absolute atomic E-state index is 9.58. The summed E-state index contributed by atoms with van der Waals surface area (Å²) < 4.78 is 10.7. The average Bonchev–Trinajstić information content (AvgIpc) is 3.19. The number of hydrogen-bond donors (Lipinski definition) is 2. The van der Waals surface area contributed by atoms with Crippen molar-refractivity contribution in [2.75, 3.05) is 43.6 Å². The number of aliphatic hydroxyl groups excluding tert-OH is 1. The lowest BCUT2D eigenvalue weighted by molar-refractivity contribution is 0.140. The van der Waals surface area contributed by atoms with Crippen LogP contribution in [0.5, 0.6) is 5.75 Å². The molecule has 2 aromatic rings. The molecule has 138 valence electrons. The van der Waals surface area contributed by atoms with E-state index in [1.165, 1.54) is 0 Å². The SMILES string of the molecule is COc1ccc(CNc2cc([C@@H]3CCOC3)nc(N3CC(O)C3)n2)cc1. The molecular weight excluding hydrogens is 332 g/mol. The molecule has 4 rings (SSSR count). The maximum Gasteiger partial charge on any atom is 0.227 e. The second kappa shape index (κ2) is 7.47. The number of aromatic nitrogens is 2. The van der Waals surface area contributed by atoms with Crippen LogP contribution in [0.3, 0.4) is 0 Å². The third kappa shape index (κ3) is 3.73. The first-order valence-electron chi connectivity index (χ1n) is 8.98. The Morgan fingerprint density at radius 3 is 2.73 bits per heavy atom. The van der Waals surface area contributed by atoms with Gasteiger partial charge in [0, 0.05) is 38.2 Å². The van der Waals surface area contributed by atoms with Gasteiger partial charge in [-0.25, -0.2) is 4.98 Å². The maximum atomic E-state index is 9.58. The van der Waals surface area contributed by atoms with E-state index < -0.39 is 0 Å². The highest BCUT2D eigenvalue weighted by atomic mass is 16.5. The molecular formula is C19H24N4O3. The Balaban J connectivity index is 1.51. The molecule has 3 heterocycles. The van der Waals surface area contributed by atoms with Gasteiger partial charge in [0.2, 0.25) is 5.95 Å². The molecule has 7 nitrogen and oxygen atoms in total. The third-order valence-electron chi connectivity index (χ3n) is 4.86. The zero-order valence-corrected chi connectivity index (χ0v) is 14.9. The molecule has 1 atom stereocenters. The summed E-state index contributed by atoms with van der Waals surface area (Å²) in [6.07, 6.45) is 0.699. The molecule has 0 amide bonds. The lowest BCUT2D eigenvalue weighted by Crippen LogP contribution is -2.51. The van der Waals surface area contributed by atoms with Gasteiger partial charge in [-0.2, -0.15) is 4.98 Å². The molecule has 0 bridgehead atoms. The Morgan fingerprint density at radius 1 is 1.27 bits per heavy atom. The van der Waals surface area contributed by atoms with Crippen LogP contribution in [0.15, 0.2) is 30.3 Å². The number of anilines is 2. The van der Waals surface area contributed by atoms with Crippen molar-refractivity contribution in [1.82, 2.24) is 9.97 Å². The number of β-amino-alcohol motifs (C(OH)–C–C–N with tert-alkyl or cyclic N) is 1. The van der Waals surface area contributed by atoms with Crippen LogP contribution in [0, 0.1) is 0 Å². The van der Waals surface area contributed by atoms with Gasteiger partial charge in [0.05, 0.1) is 25.5 Å². The van der Waals surface area contributed by atoms with Crippen LogP contribution in [0.2, 0.25) is 0 Å². The fourth-order valence-corrected chi connectivity index (χ4v) is 3.22. The first kappa shape index (κ1) is 17.1. The van der Waals surface area contributed by atoms with Gasteiger partial charge in [-0.15, -0.1) is 0 Å². The quantitative estimate of drug-likeness (QED) is 0.817. The highest BCUT2D eigenvalue weighted by molar-refractivity contribution is 5.47. The van der Waals surface area contributed by atoms with Gasteiger partial charge in [0.25, 0.3) is 0 Å². The van der Waals surface area contributed by atoms with Crippen LogP contribution in [0.25, 0.3) is 0 Å². The summed E-state index contributed by atoms with van der Waals surface area (Å²) in [5.74, 6) is 2.63. The molecule has 2 saturated heterocycles. The fraction of sp³-hybridized carbons (Fsp3) is 0.474. The smallest absolute Gasteiger partial charge is 0.227 e. The summed E-state index contributed by atoms with van der Waals surface area (Å²) in [4.78, 5) is 11.4. The first-order valence-corrected chi connectivity index (χ1v) is 8.98. The van der Waals surface area contributed by atoms with Crippen molar-refractivity contribution in [3.05, 3.63) is 41.6 Å². The number of methoxy groups -OCH3 is 1. The number of nitrogens with zero attached hydrogens (tertiary/aromatic N) is 3. The minimum Gasteiger partial charge on any atom is -0.497 e. The monoisotopic (exact) mass is 356 g/mol. The van der Waals surface area contributed by atoms with Crippen LogP contribution >= 0.6 is 0 Å². The van der Waals surface area contributed by atoms with Crippen molar-refractivity contribution in [3.63, 3.8) is 0 Å². The number of ether oxygens (including phenoxy) is 2. The number of benzene rings is 1. The van der Waals surface area contributed by atoms with Gasteiger partial charge in [-0.05, 0) is 24.1 Å². The minimum absolute atomic E-state index is 0.284. The molecule has 0 aliphatic carbocycles. The highest BCUT2D eigenvalue weighted by Crippen LogP contribution is 2.28. The van der Waals surface area contributed by atoms with E-state index in [2.05, 4.69) is 10.3 Å². The van der Waals surface area contributed by atoms with Crippen LogP contribution in [-0.4, -0.2) is 54.6 Å². The van der Waals surface area contributed by atoms with Gasteiger partial charge in [0.15, 0.2) is 0 Å². The third-order valence-corrected chi connectivity index (χ3v) is 4.86. The van der Waals surface area contributed by atoms with Crippen molar-refractivity contribution in [2.45, 2.75) is 25.0 Å². The predicted octanol–water partition coefficient (Wildman–Crippen LogP) is 1.78. The normalized spacial score (nSPS) is 20.1. The number of nitrogens with one attached hydrogen (secondary N) is 1. The largest absolute Gasteiger partial charge is 0.497 e. The van der Waals surface area contributed by atoms with Crippen LogP contribution in [-0.2, 0) is 11.3 Å². The van der Waals surface area contributed by atoms with E-state index in [-0.39, 0.29) is 6.10 Å². The summed E-state index contributed by atoms with van der Waals surface area (Å²) >= 11 is 0. The molecule has 1 aromatic carbocycles. The Morgan fingerprint density at radius 2 is 2.08 bits per heavy atom.